The van der Waals surface area contributed by atoms with E-state index in [1.165, 1.54) is 5.56 Å². The molecule has 4 atom stereocenters. The fourth-order valence-corrected chi connectivity index (χ4v) is 2.78. The Morgan fingerprint density at radius 3 is 2.50 bits per heavy atom. The second kappa shape index (κ2) is 9.13. The Morgan fingerprint density at radius 2 is 1.86 bits per heavy atom. The van der Waals surface area contributed by atoms with Crippen LogP contribution >= 0.6 is 0 Å². The average Bonchev–Trinajstić information content (AvgIpc) is 2.52. The quantitative estimate of drug-likeness (QED) is 0.700. The van der Waals surface area contributed by atoms with E-state index in [0.717, 1.165) is 6.42 Å². The van der Waals surface area contributed by atoms with Gasteiger partial charge in [-0.2, -0.15) is 0 Å². The summed E-state index contributed by atoms with van der Waals surface area (Å²) < 4.78 is 16.8. The van der Waals surface area contributed by atoms with Gasteiger partial charge in [-0.3, -0.25) is 4.79 Å². The molecule has 1 aromatic rings. The van der Waals surface area contributed by atoms with Crippen LogP contribution in [0.15, 0.2) is 30.3 Å². The standard InChI is InChI=1S/C17H24O4.ClH/c1-12-10-20-11-15(9-14-7-5-4-6-8-14)16(19-3)13(2)21-17(12)18;/h4-8,12-13,15-16H,9-11H2,1-3H3;1H/p-1/t12-,13-,15-,16-;/m0./s1. The molecule has 0 amide bonds. The molecule has 0 aliphatic carbocycles. The Bertz CT molecular complexity index is 451. The lowest BCUT2D eigenvalue weighted by atomic mass is 9.92. The molecule has 1 aliphatic heterocycles. The number of rotatable bonds is 3. The van der Waals surface area contributed by atoms with Crippen LogP contribution in [0.2, 0.25) is 0 Å². The van der Waals surface area contributed by atoms with Crippen LogP contribution in [0.4, 0.5) is 0 Å². The number of esters is 1. The number of hydrogen-bond acceptors (Lipinski definition) is 4. The van der Waals surface area contributed by atoms with Crippen molar-refractivity contribution < 1.29 is 31.4 Å². The summed E-state index contributed by atoms with van der Waals surface area (Å²) in [5.41, 5.74) is 1.24. The summed E-state index contributed by atoms with van der Waals surface area (Å²) in [6.45, 7) is 4.68. The van der Waals surface area contributed by atoms with Crippen LogP contribution in [0.3, 0.4) is 0 Å². The van der Waals surface area contributed by atoms with Crippen LogP contribution in [0.25, 0.3) is 0 Å². The van der Waals surface area contributed by atoms with E-state index in [-0.39, 0.29) is 42.4 Å². The van der Waals surface area contributed by atoms with Gasteiger partial charge in [-0.15, -0.1) is 0 Å². The third-order valence-electron chi connectivity index (χ3n) is 3.94. The van der Waals surface area contributed by atoms with Gasteiger partial charge in [0.15, 0.2) is 0 Å². The molecule has 5 heteroatoms. The van der Waals surface area contributed by atoms with Gasteiger partial charge in [0, 0.05) is 13.0 Å². The summed E-state index contributed by atoms with van der Waals surface area (Å²) in [6.07, 6.45) is 0.398. The number of carbonyl (C=O) groups is 1. The highest BCUT2D eigenvalue weighted by molar-refractivity contribution is 5.72. The van der Waals surface area contributed by atoms with E-state index in [1.54, 1.807) is 7.11 Å². The van der Waals surface area contributed by atoms with E-state index in [0.29, 0.717) is 13.2 Å². The molecule has 1 aliphatic rings. The third kappa shape index (κ3) is 4.97. The number of hydrogen-bond donors (Lipinski definition) is 0. The molecule has 1 saturated heterocycles. The van der Waals surface area contributed by atoms with Crippen molar-refractivity contribution >= 4 is 5.97 Å². The second-order valence-corrected chi connectivity index (χ2v) is 5.73. The van der Waals surface area contributed by atoms with Crippen LogP contribution in [-0.4, -0.2) is 38.5 Å². The fraction of sp³-hybridized carbons (Fsp3) is 0.588. The maximum Gasteiger partial charge on any atom is 0.311 e. The fourth-order valence-electron chi connectivity index (χ4n) is 2.78. The summed E-state index contributed by atoms with van der Waals surface area (Å²) in [6, 6.07) is 10.2. The largest absolute Gasteiger partial charge is 1.00 e. The van der Waals surface area contributed by atoms with E-state index in [1.807, 2.05) is 32.0 Å². The highest BCUT2D eigenvalue weighted by Crippen LogP contribution is 2.22. The molecule has 2 rings (SSSR count). The maximum atomic E-state index is 11.9. The monoisotopic (exact) mass is 327 g/mol. The van der Waals surface area contributed by atoms with E-state index < -0.39 is 0 Å². The van der Waals surface area contributed by atoms with Crippen molar-refractivity contribution in [2.24, 2.45) is 11.8 Å². The molecule has 0 spiro atoms. The molecule has 22 heavy (non-hydrogen) atoms. The molecule has 1 heterocycles. The first-order chi connectivity index (χ1) is 10.1. The minimum atomic E-state index is -0.277. The smallest absolute Gasteiger partial charge is 0.311 e. The molecule has 0 radical (unpaired) electrons. The van der Waals surface area contributed by atoms with Crippen LogP contribution in [0.1, 0.15) is 19.4 Å². The minimum absolute atomic E-state index is 0. The van der Waals surface area contributed by atoms with Gasteiger partial charge in [0.1, 0.15) is 6.10 Å². The minimum Gasteiger partial charge on any atom is -1.00 e. The SMILES string of the molecule is CO[C@@H]1[C@@H](Cc2ccccc2)COC[C@H](C)C(=O)O[C@H]1C.[Cl-]. The molecule has 4 nitrogen and oxygen atoms in total. The zero-order chi connectivity index (χ0) is 15.2. The predicted octanol–water partition coefficient (Wildman–Crippen LogP) is -0.538. The first-order valence-electron chi connectivity index (χ1n) is 7.46. The van der Waals surface area contributed by atoms with Gasteiger partial charge in [-0.1, -0.05) is 30.3 Å². The van der Waals surface area contributed by atoms with Gasteiger partial charge in [-0.25, -0.2) is 0 Å². The van der Waals surface area contributed by atoms with Crippen molar-refractivity contribution in [2.45, 2.75) is 32.5 Å². The zero-order valence-electron chi connectivity index (χ0n) is 13.3. The van der Waals surface area contributed by atoms with Crippen molar-refractivity contribution in [1.82, 2.24) is 0 Å². The van der Waals surface area contributed by atoms with Gasteiger partial charge in [0.05, 0.1) is 25.2 Å². The Kier molecular flexibility index (Phi) is 7.87. The van der Waals surface area contributed by atoms with Crippen molar-refractivity contribution in [1.29, 1.82) is 0 Å². The Hall–Kier alpha value is -1.10. The molecule has 1 fully saturated rings. The molecule has 0 aromatic heterocycles. The Morgan fingerprint density at radius 1 is 1.18 bits per heavy atom. The number of ether oxygens (including phenoxy) is 3. The number of halogens is 1. The van der Waals surface area contributed by atoms with Crippen molar-refractivity contribution in [2.75, 3.05) is 20.3 Å². The van der Waals surface area contributed by atoms with E-state index >= 15 is 0 Å². The van der Waals surface area contributed by atoms with Crippen LogP contribution < -0.4 is 12.4 Å². The van der Waals surface area contributed by atoms with Gasteiger partial charge in [0.2, 0.25) is 0 Å². The summed E-state index contributed by atoms with van der Waals surface area (Å²) in [5.74, 6) is -0.296. The molecule has 124 valence electrons. The molecule has 0 bridgehead atoms. The summed E-state index contributed by atoms with van der Waals surface area (Å²) in [4.78, 5) is 11.9. The first kappa shape index (κ1) is 18.9. The number of methoxy groups -OCH3 is 1. The van der Waals surface area contributed by atoms with Gasteiger partial charge < -0.3 is 26.6 Å². The molecular formula is C17H24ClO4-. The highest BCUT2D eigenvalue weighted by Gasteiger charge is 2.32. The van der Waals surface area contributed by atoms with E-state index in [9.17, 15) is 4.79 Å². The van der Waals surface area contributed by atoms with Crippen LogP contribution in [0.5, 0.6) is 0 Å². The van der Waals surface area contributed by atoms with E-state index in [4.69, 9.17) is 14.2 Å². The number of benzene rings is 1. The van der Waals surface area contributed by atoms with Gasteiger partial charge >= 0.3 is 5.97 Å². The van der Waals surface area contributed by atoms with Gasteiger partial charge in [-0.05, 0) is 25.8 Å². The predicted molar refractivity (Wildman–Crippen MR) is 80.0 cm³/mol. The molecule has 1 aromatic carbocycles. The van der Waals surface area contributed by atoms with Crippen molar-refractivity contribution in [3.8, 4) is 0 Å². The summed E-state index contributed by atoms with van der Waals surface area (Å²) in [7, 11) is 1.66. The third-order valence-corrected chi connectivity index (χ3v) is 3.94. The zero-order valence-corrected chi connectivity index (χ0v) is 14.1. The van der Waals surface area contributed by atoms with Crippen molar-refractivity contribution in [3.63, 3.8) is 0 Å². The number of cyclic esters (lactones) is 1. The Labute approximate surface area is 138 Å². The topological polar surface area (TPSA) is 44.8 Å². The highest BCUT2D eigenvalue weighted by atomic mass is 35.5. The Balaban J connectivity index is 0.00000242. The average molecular weight is 328 g/mol. The van der Waals surface area contributed by atoms with E-state index in [2.05, 4.69) is 12.1 Å². The normalized spacial score (nSPS) is 29.5. The van der Waals surface area contributed by atoms with Gasteiger partial charge in [0.25, 0.3) is 0 Å². The molecule has 0 N–H and O–H groups in total. The maximum absolute atomic E-state index is 11.9. The molecule has 0 saturated carbocycles. The molecular weight excluding hydrogens is 304 g/mol. The number of carbonyl (C=O) groups excluding carboxylic acids is 1. The lowest BCUT2D eigenvalue weighted by Gasteiger charge is -2.29. The van der Waals surface area contributed by atoms with Crippen molar-refractivity contribution in [3.05, 3.63) is 35.9 Å². The summed E-state index contributed by atoms with van der Waals surface area (Å²) in [5, 5.41) is 0. The van der Waals surface area contributed by atoms with Crippen LogP contribution in [-0.2, 0) is 25.4 Å². The molecule has 0 unspecified atom stereocenters. The first-order valence-corrected chi connectivity index (χ1v) is 7.46. The second-order valence-electron chi connectivity index (χ2n) is 5.73. The van der Waals surface area contributed by atoms with Crippen LogP contribution in [0, 0.1) is 11.8 Å². The lowest BCUT2D eigenvalue weighted by Crippen LogP contribution is -3.00. The lowest BCUT2D eigenvalue weighted by molar-refractivity contribution is -0.160. The summed E-state index contributed by atoms with van der Waals surface area (Å²) >= 11 is 0.